The van der Waals surface area contributed by atoms with Gasteiger partial charge in [0.1, 0.15) is 17.8 Å². The molecule has 0 amide bonds. The lowest BCUT2D eigenvalue weighted by Gasteiger charge is -2.27. The molecule has 0 aliphatic heterocycles. The fourth-order valence-electron chi connectivity index (χ4n) is 2.67. The molecule has 0 saturated heterocycles. The molecule has 2 aromatic rings. The van der Waals surface area contributed by atoms with Crippen molar-refractivity contribution in [2.45, 2.75) is 44.1 Å². The van der Waals surface area contributed by atoms with Gasteiger partial charge < -0.3 is 10.5 Å². The van der Waals surface area contributed by atoms with E-state index in [1.54, 1.807) is 17.7 Å². The first kappa shape index (κ1) is 12.8. The van der Waals surface area contributed by atoms with Gasteiger partial charge in [0.25, 0.3) is 0 Å². The van der Waals surface area contributed by atoms with Crippen LogP contribution in [0.5, 0.6) is 5.88 Å². The van der Waals surface area contributed by atoms with E-state index >= 15 is 0 Å². The van der Waals surface area contributed by atoms with E-state index in [4.69, 9.17) is 10.5 Å². The summed E-state index contributed by atoms with van der Waals surface area (Å²) < 4.78 is 5.91. The Morgan fingerprint density at radius 3 is 2.79 bits per heavy atom. The van der Waals surface area contributed by atoms with Gasteiger partial charge in [-0.1, -0.05) is 25.7 Å². The molecule has 102 valence electrons. The summed E-state index contributed by atoms with van der Waals surface area (Å²) in [6.45, 7) is 0.551. The standard InChI is InChI=1S/C14H19N3OS/c15-14(6-3-1-2-4-7-14)9-18-12-11-5-8-19-13(11)17-10-16-12/h5,8,10H,1-4,6-7,9,15H2. The van der Waals surface area contributed by atoms with Crippen LogP contribution in [-0.4, -0.2) is 22.1 Å². The largest absolute Gasteiger partial charge is 0.475 e. The van der Waals surface area contributed by atoms with Gasteiger partial charge in [-0.05, 0) is 24.3 Å². The van der Waals surface area contributed by atoms with Crippen LogP contribution in [0.4, 0.5) is 0 Å². The van der Waals surface area contributed by atoms with Crippen molar-refractivity contribution in [3.8, 4) is 5.88 Å². The molecule has 0 atom stereocenters. The molecule has 1 fully saturated rings. The van der Waals surface area contributed by atoms with Crippen molar-refractivity contribution in [1.29, 1.82) is 0 Å². The fraction of sp³-hybridized carbons (Fsp3) is 0.571. The summed E-state index contributed by atoms with van der Waals surface area (Å²) in [4.78, 5) is 9.43. The maximum atomic E-state index is 6.46. The summed E-state index contributed by atoms with van der Waals surface area (Å²) in [6, 6.07) is 2.01. The third kappa shape index (κ3) is 2.87. The molecule has 2 aromatic heterocycles. The van der Waals surface area contributed by atoms with E-state index in [2.05, 4.69) is 9.97 Å². The fourth-order valence-corrected chi connectivity index (χ4v) is 3.39. The molecule has 2 N–H and O–H groups in total. The second-order valence-corrected chi connectivity index (χ2v) is 6.28. The van der Waals surface area contributed by atoms with Gasteiger partial charge in [-0.3, -0.25) is 0 Å². The van der Waals surface area contributed by atoms with E-state index in [-0.39, 0.29) is 5.54 Å². The van der Waals surface area contributed by atoms with Crippen molar-refractivity contribution in [1.82, 2.24) is 9.97 Å². The summed E-state index contributed by atoms with van der Waals surface area (Å²) in [6.07, 6.45) is 8.65. The van der Waals surface area contributed by atoms with Crippen molar-refractivity contribution in [2.24, 2.45) is 5.73 Å². The second-order valence-electron chi connectivity index (χ2n) is 5.38. The van der Waals surface area contributed by atoms with E-state index in [9.17, 15) is 0 Å². The van der Waals surface area contributed by atoms with E-state index in [0.717, 1.165) is 23.1 Å². The van der Waals surface area contributed by atoms with Gasteiger partial charge in [-0.25, -0.2) is 9.97 Å². The maximum absolute atomic E-state index is 6.46. The van der Waals surface area contributed by atoms with Crippen molar-refractivity contribution in [3.05, 3.63) is 17.8 Å². The maximum Gasteiger partial charge on any atom is 0.225 e. The zero-order valence-electron chi connectivity index (χ0n) is 11.0. The first-order chi connectivity index (χ1) is 9.27. The lowest BCUT2D eigenvalue weighted by Crippen LogP contribution is -2.45. The number of rotatable bonds is 3. The molecule has 1 aliphatic rings. The number of hydrogen-bond donors (Lipinski definition) is 1. The molecule has 0 aromatic carbocycles. The van der Waals surface area contributed by atoms with Crippen molar-refractivity contribution in [3.63, 3.8) is 0 Å². The van der Waals surface area contributed by atoms with Crippen LogP contribution in [0.25, 0.3) is 10.2 Å². The van der Waals surface area contributed by atoms with Crippen LogP contribution in [0.15, 0.2) is 17.8 Å². The Bertz CT molecular complexity index is 546. The second kappa shape index (κ2) is 5.43. The molecule has 0 radical (unpaired) electrons. The summed E-state index contributed by atoms with van der Waals surface area (Å²) in [5, 5.41) is 3.00. The van der Waals surface area contributed by atoms with Crippen molar-refractivity contribution < 1.29 is 4.74 Å². The monoisotopic (exact) mass is 277 g/mol. The first-order valence-corrected chi connectivity index (χ1v) is 7.75. The van der Waals surface area contributed by atoms with E-state index in [1.165, 1.54) is 25.7 Å². The lowest BCUT2D eigenvalue weighted by molar-refractivity contribution is 0.195. The molecular formula is C14H19N3OS. The van der Waals surface area contributed by atoms with Gasteiger partial charge in [0.15, 0.2) is 0 Å². The van der Waals surface area contributed by atoms with E-state index < -0.39 is 0 Å². The third-order valence-corrected chi connectivity index (χ3v) is 4.64. The molecular weight excluding hydrogens is 258 g/mol. The van der Waals surface area contributed by atoms with Gasteiger partial charge in [-0.2, -0.15) is 0 Å². The van der Waals surface area contributed by atoms with Crippen LogP contribution in [0, 0.1) is 0 Å². The zero-order chi connectivity index (χ0) is 13.1. The molecule has 2 heterocycles. The van der Waals surface area contributed by atoms with Crippen LogP contribution in [0.3, 0.4) is 0 Å². The Labute approximate surface area is 117 Å². The summed E-state index contributed by atoms with van der Waals surface area (Å²) in [5.41, 5.74) is 6.27. The Morgan fingerprint density at radius 1 is 1.21 bits per heavy atom. The van der Waals surface area contributed by atoms with Crippen LogP contribution in [0.2, 0.25) is 0 Å². The zero-order valence-corrected chi connectivity index (χ0v) is 11.8. The topological polar surface area (TPSA) is 61.0 Å². The average Bonchev–Trinajstić information content (AvgIpc) is 2.80. The smallest absolute Gasteiger partial charge is 0.225 e. The number of nitrogens with two attached hydrogens (primary N) is 1. The summed E-state index contributed by atoms with van der Waals surface area (Å²) >= 11 is 1.60. The Kier molecular flexibility index (Phi) is 3.66. The SMILES string of the molecule is NC1(COc2ncnc3sccc23)CCCCCC1. The van der Waals surface area contributed by atoms with Crippen molar-refractivity contribution in [2.75, 3.05) is 6.61 Å². The molecule has 19 heavy (non-hydrogen) atoms. The van der Waals surface area contributed by atoms with Gasteiger partial charge >= 0.3 is 0 Å². The van der Waals surface area contributed by atoms with Crippen LogP contribution in [-0.2, 0) is 0 Å². The van der Waals surface area contributed by atoms with Crippen molar-refractivity contribution >= 4 is 21.6 Å². The Balaban J connectivity index is 1.73. The highest BCUT2D eigenvalue weighted by atomic mass is 32.1. The number of nitrogens with zero attached hydrogens (tertiary/aromatic N) is 2. The molecule has 3 rings (SSSR count). The normalized spacial score (nSPS) is 19.2. The Morgan fingerprint density at radius 2 is 2.00 bits per heavy atom. The summed E-state index contributed by atoms with van der Waals surface area (Å²) in [7, 11) is 0. The predicted octanol–water partition coefficient (Wildman–Crippen LogP) is 3.12. The Hall–Kier alpha value is -1.20. The number of hydrogen-bond acceptors (Lipinski definition) is 5. The highest BCUT2D eigenvalue weighted by Gasteiger charge is 2.27. The van der Waals surface area contributed by atoms with Crippen LogP contribution in [0.1, 0.15) is 38.5 Å². The first-order valence-electron chi connectivity index (χ1n) is 6.87. The molecule has 1 saturated carbocycles. The minimum atomic E-state index is -0.191. The van der Waals surface area contributed by atoms with Gasteiger partial charge in [0.05, 0.1) is 10.9 Å². The molecule has 0 bridgehead atoms. The van der Waals surface area contributed by atoms with Gasteiger partial charge in [-0.15, -0.1) is 11.3 Å². The number of thiophene rings is 1. The predicted molar refractivity (Wildman–Crippen MR) is 77.5 cm³/mol. The average molecular weight is 277 g/mol. The quantitative estimate of drug-likeness (QED) is 0.876. The number of aromatic nitrogens is 2. The van der Waals surface area contributed by atoms with E-state index in [0.29, 0.717) is 12.5 Å². The highest BCUT2D eigenvalue weighted by Crippen LogP contribution is 2.29. The van der Waals surface area contributed by atoms with Gasteiger partial charge in [0, 0.05) is 0 Å². The molecule has 0 spiro atoms. The summed E-state index contributed by atoms with van der Waals surface area (Å²) in [5.74, 6) is 0.667. The number of fused-ring (bicyclic) bond motifs is 1. The molecule has 5 heteroatoms. The third-order valence-electron chi connectivity index (χ3n) is 3.82. The minimum absolute atomic E-state index is 0.191. The molecule has 0 unspecified atom stereocenters. The minimum Gasteiger partial charge on any atom is -0.475 e. The lowest BCUT2D eigenvalue weighted by atomic mass is 9.93. The highest BCUT2D eigenvalue weighted by molar-refractivity contribution is 7.16. The molecule has 1 aliphatic carbocycles. The van der Waals surface area contributed by atoms with Crippen LogP contribution < -0.4 is 10.5 Å². The number of ether oxygens (including phenoxy) is 1. The van der Waals surface area contributed by atoms with Crippen LogP contribution >= 0.6 is 11.3 Å². The van der Waals surface area contributed by atoms with E-state index in [1.807, 2.05) is 11.4 Å². The molecule has 4 nitrogen and oxygen atoms in total. The van der Waals surface area contributed by atoms with Gasteiger partial charge in [0.2, 0.25) is 5.88 Å².